The largest absolute Gasteiger partial charge is 0.337 e. The van der Waals surface area contributed by atoms with Crippen molar-refractivity contribution in [2.75, 3.05) is 31.1 Å². The summed E-state index contributed by atoms with van der Waals surface area (Å²) >= 11 is 0. The number of aromatic nitrogens is 3. The molecule has 1 unspecified atom stereocenters. The first-order valence-electron chi connectivity index (χ1n) is 5.69. The SMILES string of the molecule is CCC(C)c1nc(N2CCNCC2)n[nH]1. The number of nitrogens with one attached hydrogen (secondary N) is 2. The maximum atomic E-state index is 4.54. The summed E-state index contributed by atoms with van der Waals surface area (Å²) < 4.78 is 0. The maximum absolute atomic E-state index is 4.54. The minimum atomic E-state index is 0.467. The number of nitrogens with zero attached hydrogens (tertiary/aromatic N) is 3. The molecule has 2 heterocycles. The van der Waals surface area contributed by atoms with Crippen LogP contribution in [0.4, 0.5) is 5.95 Å². The molecule has 84 valence electrons. The van der Waals surface area contributed by atoms with Gasteiger partial charge in [-0.05, 0) is 6.42 Å². The van der Waals surface area contributed by atoms with Crippen LogP contribution in [0.25, 0.3) is 0 Å². The first-order valence-corrected chi connectivity index (χ1v) is 5.69. The molecule has 5 nitrogen and oxygen atoms in total. The second-order valence-corrected chi connectivity index (χ2v) is 4.07. The number of hydrogen-bond acceptors (Lipinski definition) is 4. The zero-order chi connectivity index (χ0) is 10.7. The van der Waals surface area contributed by atoms with E-state index in [-0.39, 0.29) is 0 Å². The van der Waals surface area contributed by atoms with Crippen LogP contribution < -0.4 is 10.2 Å². The zero-order valence-corrected chi connectivity index (χ0v) is 9.45. The van der Waals surface area contributed by atoms with Crippen molar-refractivity contribution < 1.29 is 0 Å². The van der Waals surface area contributed by atoms with E-state index < -0.39 is 0 Å². The van der Waals surface area contributed by atoms with E-state index in [1.54, 1.807) is 0 Å². The van der Waals surface area contributed by atoms with Gasteiger partial charge in [-0.15, -0.1) is 5.10 Å². The summed E-state index contributed by atoms with van der Waals surface area (Å²) in [6.07, 6.45) is 1.09. The Morgan fingerprint density at radius 3 is 2.80 bits per heavy atom. The van der Waals surface area contributed by atoms with Crippen molar-refractivity contribution in [2.45, 2.75) is 26.2 Å². The highest BCUT2D eigenvalue weighted by atomic mass is 15.4. The van der Waals surface area contributed by atoms with Gasteiger partial charge in [-0.2, -0.15) is 4.98 Å². The smallest absolute Gasteiger partial charge is 0.244 e. The molecule has 1 saturated heterocycles. The molecule has 0 saturated carbocycles. The van der Waals surface area contributed by atoms with E-state index in [4.69, 9.17) is 0 Å². The standard InChI is InChI=1S/C10H19N5/c1-3-8(2)9-12-10(14-13-9)15-6-4-11-5-7-15/h8,11H,3-7H2,1-2H3,(H,12,13,14). The average Bonchev–Trinajstić information content (AvgIpc) is 2.78. The van der Waals surface area contributed by atoms with Crippen LogP contribution in [-0.4, -0.2) is 41.4 Å². The molecule has 1 aliphatic rings. The summed E-state index contributed by atoms with van der Waals surface area (Å²) in [5.41, 5.74) is 0. The zero-order valence-electron chi connectivity index (χ0n) is 9.45. The molecule has 0 spiro atoms. The molecule has 2 rings (SSSR count). The third-order valence-electron chi connectivity index (χ3n) is 2.97. The van der Waals surface area contributed by atoms with Crippen LogP contribution in [0.1, 0.15) is 32.0 Å². The number of H-pyrrole nitrogens is 1. The summed E-state index contributed by atoms with van der Waals surface area (Å²) in [5.74, 6) is 2.33. The molecular weight excluding hydrogens is 190 g/mol. The van der Waals surface area contributed by atoms with Gasteiger partial charge in [0.15, 0.2) is 0 Å². The van der Waals surface area contributed by atoms with Gasteiger partial charge in [-0.1, -0.05) is 13.8 Å². The predicted molar refractivity (Wildman–Crippen MR) is 60.2 cm³/mol. The van der Waals surface area contributed by atoms with Gasteiger partial charge in [0.25, 0.3) is 0 Å². The van der Waals surface area contributed by atoms with Crippen molar-refractivity contribution in [1.82, 2.24) is 20.5 Å². The highest BCUT2D eigenvalue weighted by Gasteiger charge is 2.16. The van der Waals surface area contributed by atoms with Crippen molar-refractivity contribution in [2.24, 2.45) is 0 Å². The first-order chi connectivity index (χ1) is 7.31. The van der Waals surface area contributed by atoms with E-state index in [0.717, 1.165) is 44.4 Å². The highest BCUT2D eigenvalue weighted by Crippen LogP contribution is 2.16. The average molecular weight is 209 g/mol. The molecular formula is C10H19N5. The lowest BCUT2D eigenvalue weighted by Gasteiger charge is -2.25. The van der Waals surface area contributed by atoms with E-state index in [9.17, 15) is 0 Å². The molecule has 1 aliphatic heterocycles. The van der Waals surface area contributed by atoms with Gasteiger partial charge in [-0.25, -0.2) is 0 Å². The summed E-state index contributed by atoms with van der Waals surface area (Å²) in [6, 6.07) is 0. The second kappa shape index (κ2) is 4.61. The van der Waals surface area contributed by atoms with Gasteiger partial charge >= 0.3 is 0 Å². The minimum absolute atomic E-state index is 0.467. The van der Waals surface area contributed by atoms with Crippen molar-refractivity contribution in [3.63, 3.8) is 0 Å². The Morgan fingerprint density at radius 2 is 2.13 bits per heavy atom. The third kappa shape index (κ3) is 2.28. The molecule has 2 N–H and O–H groups in total. The van der Waals surface area contributed by atoms with Crippen LogP contribution in [0, 0.1) is 0 Å². The molecule has 0 aliphatic carbocycles. The van der Waals surface area contributed by atoms with Gasteiger partial charge in [0.2, 0.25) is 5.95 Å². The van der Waals surface area contributed by atoms with Crippen molar-refractivity contribution in [1.29, 1.82) is 0 Å². The number of piperazine rings is 1. The molecule has 0 amide bonds. The van der Waals surface area contributed by atoms with Gasteiger partial charge in [0.1, 0.15) is 5.82 Å². The second-order valence-electron chi connectivity index (χ2n) is 4.07. The molecule has 1 atom stereocenters. The van der Waals surface area contributed by atoms with E-state index >= 15 is 0 Å². The van der Waals surface area contributed by atoms with E-state index in [1.165, 1.54) is 0 Å². The molecule has 1 fully saturated rings. The Hall–Kier alpha value is -1.10. The van der Waals surface area contributed by atoms with E-state index in [2.05, 4.69) is 39.2 Å². The van der Waals surface area contributed by atoms with Crippen LogP contribution in [-0.2, 0) is 0 Å². The lowest BCUT2D eigenvalue weighted by atomic mass is 10.1. The van der Waals surface area contributed by atoms with Crippen LogP contribution in [0.2, 0.25) is 0 Å². The van der Waals surface area contributed by atoms with Crippen LogP contribution in [0.15, 0.2) is 0 Å². The Morgan fingerprint density at radius 1 is 1.40 bits per heavy atom. The Kier molecular flexibility index (Phi) is 3.20. The normalized spacial score (nSPS) is 19.2. The van der Waals surface area contributed by atoms with Gasteiger partial charge in [0.05, 0.1) is 0 Å². The quantitative estimate of drug-likeness (QED) is 0.770. The molecule has 1 aromatic heterocycles. The fourth-order valence-corrected chi connectivity index (χ4v) is 1.69. The van der Waals surface area contributed by atoms with Crippen molar-refractivity contribution in [3.05, 3.63) is 5.82 Å². The first kappa shape index (κ1) is 10.4. The minimum Gasteiger partial charge on any atom is -0.337 e. The van der Waals surface area contributed by atoms with E-state index in [1.807, 2.05) is 0 Å². The molecule has 1 aromatic rings. The maximum Gasteiger partial charge on any atom is 0.244 e. The summed E-state index contributed by atoms with van der Waals surface area (Å²) in [4.78, 5) is 6.76. The van der Waals surface area contributed by atoms with Gasteiger partial charge in [0, 0.05) is 32.1 Å². The van der Waals surface area contributed by atoms with Crippen molar-refractivity contribution in [3.8, 4) is 0 Å². The summed E-state index contributed by atoms with van der Waals surface area (Å²) in [6.45, 7) is 8.37. The number of rotatable bonds is 3. The Balaban J connectivity index is 2.05. The molecule has 15 heavy (non-hydrogen) atoms. The monoisotopic (exact) mass is 209 g/mol. The van der Waals surface area contributed by atoms with Gasteiger partial charge in [-0.3, -0.25) is 5.10 Å². The highest BCUT2D eigenvalue weighted by molar-refractivity contribution is 5.29. The van der Waals surface area contributed by atoms with E-state index in [0.29, 0.717) is 5.92 Å². The van der Waals surface area contributed by atoms with Gasteiger partial charge < -0.3 is 10.2 Å². The van der Waals surface area contributed by atoms with Crippen LogP contribution >= 0.6 is 0 Å². The molecule has 0 aromatic carbocycles. The molecule has 5 heteroatoms. The Bertz CT molecular complexity index is 303. The number of aromatic amines is 1. The fraction of sp³-hybridized carbons (Fsp3) is 0.800. The van der Waals surface area contributed by atoms with Crippen LogP contribution in [0.5, 0.6) is 0 Å². The Labute approximate surface area is 90.3 Å². The topological polar surface area (TPSA) is 56.8 Å². The molecule has 0 bridgehead atoms. The molecule has 0 radical (unpaired) electrons. The third-order valence-corrected chi connectivity index (χ3v) is 2.97. The lowest BCUT2D eigenvalue weighted by Crippen LogP contribution is -2.44. The summed E-state index contributed by atoms with van der Waals surface area (Å²) in [5, 5.41) is 10.6. The number of anilines is 1. The number of hydrogen-bond donors (Lipinski definition) is 2. The lowest BCUT2D eigenvalue weighted by molar-refractivity contribution is 0.580. The van der Waals surface area contributed by atoms with Crippen LogP contribution in [0.3, 0.4) is 0 Å². The predicted octanol–water partition coefficient (Wildman–Crippen LogP) is 0.728. The summed E-state index contributed by atoms with van der Waals surface area (Å²) in [7, 11) is 0. The fourth-order valence-electron chi connectivity index (χ4n) is 1.69. The van der Waals surface area contributed by atoms with Crippen molar-refractivity contribution >= 4 is 5.95 Å².